The van der Waals surface area contributed by atoms with Crippen LogP contribution in [-0.4, -0.2) is 65.2 Å². The highest BCUT2D eigenvalue weighted by molar-refractivity contribution is 7.96. The molecule has 164 valence electrons. The summed E-state index contributed by atoms with van der Waals surface area (Å²) in [4.78, 5) is 1.98. The van der Waals surface area contributed by atoms with Gasteiger partial charge in [0, 0.05) is 18.6 Å². The van der Waals surface area contributed by atoms with Gasteiger partial charge in [0.2, 0.25) is 0 Å². The molecule has 1 aliphatic rings. The standard InChI is InChI=1S/C21H27FN2O4S2/c1-15-11-17(22)9-10-20(15)30(27,28)21-14-29(25,26)13-18(21)23-12-19(24(2)3)16-7-5-4-6-8-16/h4-11,18-19,21,23H,12-14H2,1-3H3/t18-,19?,21-/m0/s1. The fourth-order valence-corrected chi connectivity index (χ4v) is 8.89. The lowest BCUT2D eigenvalue weighted by molar-refractivity contribution is 0.282. The van der Waals surface area contributed by atoms with E-state index in [1.807, 2.05) is 49.3 Å². The molecule has 0 radical (unpaired) electrons. The van der Waals surface area contributed by atoms with Crippen molar-refractivity contribution in [3.05, 3.63) is 65.5 Å². The van der Waals surface area contributed by atoms with Gasteiger partial charge in [-0.25, -0.2) is 21.2 Å². The third-order valence-electron chi connectivity index (χ3n) is 5.52. The average molecular weight is 455 g/mol. The van der Waals surface area contributed by atoms with Crippen LogP contribution in [0.5, 0.6) is 0 Å². The highest BCUT2D eigenvalue weighted by atomic mass is 32.2. The molecule has 9 heteroatoms. The van der Waals surface area contributed by atoms with Gasteiger partial charge in [-0.3, -0.25) is 0 Å². The SMILES string of the molecule is Cc1cc(F)ccc1S(=O)(=O)[C@H]1CS(=O)(=O)C[C@@H]1NCC(c1ccccc1)N(C)C. The zero-order valence-electron chi connectivity index (χ0n) is 17.2. The Hall–Kier alpha value is -1.81. The van der Waals surface area contributed by atoms with E-state index in [9.17, 15) is 21.2 Å². The Balaban J connectivity index is 1.87. The van der Waals surface area contributed by atoms with E-state index in [2.05, 4.69) is 5.32 Å². The molecule has 0 bridgehead atoms. The molecule has 30 heavy (non-hydrogen) atoms. The van der Waals surface area contributed by atoms with E-state index >= 15 is 0 Å². The number of rotatable bonds is 7. The number of halogens is 1. The molecule has 3 rings (SSSR count). The van der Waals surface area contributed by atoms with Gasteiger partial charge in [0.1, 0.15) is 5.82 Å². The first-order valence-corrected chi connectivity index (χ1v) is 13.0. The van der Waals surface area contributed by atoms with Crippen LogP contribution in [0.3, 0.4) is 0 Å². The predicted molar refractivity (Wildman–Crippen MR) is 115 cm³/mol. The van der Waals surface area contributed by atoms with Crippen LogP contribution in [0, 0.1) is 12.7 Å². The van der Waals surface area contributed by atoms with Crippen LogP contribution in [0.2, 0.25) is 0 Å². The molecule has 1 N–H and O–H groups in total. The minimum absolute atomic E-state index is 0.0231. The smallest absolute Gasteiger partial charge is 0.184 e. The Bertz CT molecular complexity index is 1100. The fraction of sp³-hybridized carbons (Fsp3) is 0.429. The molecular weight excluding hydrogens is 427 g/mol. The molecule has 2 aromatic rings. The number of nitrogens with one attached hydrogen (secondary N) is 1. The van der Waals surface area contributed by atoms with E-state index in [1.165, 1.54) is 13.0 Å². The van der Waals surface area contributed by atoms with Crippen LogP contribution >= 0.6 is 0 Å². The largest absolute Gasteiger partial charge is 0.310 e. The molecular formula is C21H27FN2O4S2. The van der Waals surface area contributed by atoms with Crippen molar-refractivity contribution in [2.75, 3.05) is 32.1 Å². The molecule has 0 saturated carbocycles. The molecule has 0 amide bonds. The summed E-state index contributed by atoms with van der Waals surface area (Å²) in [6.45, 7) is 1.91. The highest BCUT2D eigenvalue weighted by Crippen LogP contribution is 2.29. The van der Waals surface area contributed by atoms with Gasteiger partial charge in [-0.2, -0.15) is 0 Å². The molecule has 6 nitrogen and oxygen atoms in total. The molecule has 0 aliphatic carbocycles. The summed E-state index contributed by atoms with van der Waals surface area (Å²) in [7, 11) is -3.64. The van der Waals surface area contributed by atoms with E-state index in [0.29, 0.717) is 6.54 Å². The quantitative estimate of drug-likeness (QED) is 0.644. The maximum Gasteiger partial charge on any atom is 0.184 e. The maximum atomic E-state index is 13.5. The van der Waals surface area contributed by atoms with Crippen molar-refractivity contribution in [2.24, 2.45) is 0 Å². The lowest BCUT2D eigenvalue weighted by Gasteiger charge is -2.28. The monoisotopic (exact) mass is 454 g/mol. The number of sulfone groups is 2. The average Bonchev–Trinajstić information content (AvgIpc) is 2.97. The van der Waals surface area contributed by atoms with Crippen LogP contribution in [0.4, 0.5) is 4.39 Å². The Labute approximate surface area is 177 Å². The van der Waals surface area contributed by atoms with Crippen molar-refractivity contribution in [2.45, 2.75) is 29.2 Å². The third kappa shape index (κ3) is 4.91. The summed E-state index contributed by atoms with van der Waals surface area (Å²) >= 11 is 0. The van der Waals surface area contributed by atoms with E-state index in [1.54, 1.807) is 0 Å². The first kappa shape index (κ1) is 22.9. The van der Waals surface area contributed by atoms with Crippen molar-refractivity contribution < 1.29 is 21.2 Å². The number of hydrogen-bond donors (Lipinski definition) is 1. The zero-order chi connectivity index (χ0) is 22.1. The summed E-state index contributed by atoms with van der Waals surface area (Å²) in [6, 6.07) is 12.4. The minimum Gasteiger partial charge on any atom is -0.310 e. The molecule has 1 aliphatic heterocycles. The summed E-state index contributed by atoms with van der Waals surface area (Å²) < 4.78 is 64.7. The first-order chi connectivity index (χ1) is 14.0. The second-order valence-corrected chi connectivity index (χ2v) is 12.3. The van der Waals surface area contributed by atoms with Gasteiger partial charge in [0.25, 0.3) is 0 Å². The Morgan fingerprint density at radius 2 is 1.80 bits per heavy atom. The van der Waals surface area contributed by atoms with E-state index in [-0.39, 0.29) is 22.3 Å². The Kier molecular flexibility index (Phi) is 6.66. The van der Waals surface area contributed by atoms with Gasteiger partial charge in [0.05, 0.1) is 21.7 Å². The number of benzene rings is 2. The van der Waals surface area contributed by atoms with Gasteiger partial charge in [-0.15, -0.1) is 0 Å². The van der Waals surface area contributed by atoms with Gasteiger partial charge in [0.15, 0.2) is 19.7 Å². The summed E-state index contributed by atoms with van der Waals surface area (Å²) in [6.07, 6.45) is 0. The molecule has 3 atom stereocenters. The van der Waals surface area contributed by atoms with Crippen LogP contribution < -0.4 is 5.32 Å². The molecule has 1 saturated heterocycles. The van der Waals surface area contributed by atoms with Crippen LogP contribution in [-0.2, 0) is 19.7 Å². The van der Waals surface area contributed by atoms with Crippen LogP contribution in [0.15, 0.2) is 53.4 Å². The zero-order valence-corrected chi connectivity index (χ0v) is 18.9. The number of nitrogens with zero attached hydrogens (tertiary/aromatic N) is 1. The molecule has 1 unspecified atom stereocenters. The normalized spacial score (nSPS) is 22.3. The van der Waals surface area contributed by atoms with Gasteiger partial charge in [-0.1, -0.05) is 30.3 Å². The van der Waals surface area contributed by atoms with Crippen molar-refractivity contribution in [3.63, 3.8) is 0 Å². The molecule has 1 heterocycles. The fourth-order valence-electron chi connectivity index (χ4n) is 3.94. The van der Waals surface area contributed by atoms with Crippen LogP contribution in [0.25, 0.3) is 0 Å². The third-order valence-corrected chi connectivity index (χ3v) is 9.83. The number of aryl methyl sites for hydroxylation is 1. The molecule has 0 aromatic heterocycles. The minimum atomic E-state index is -3.96. The van der Waals surface area contributed by atoms with Crippen molar-refractivity contribution in [1.82, 2.24) is 10.2 Å². The topological polar surface area (TPSA) is 83.5 Å². The van der Waals surface area contributed by atoms with Gasteiger partial charge >= 0.3 is 0 Å². The van der Waals surface area contributed by atoms with Crippen molar-refractivity contribution in [3.8, 4) is 0 Å². The van der Waals surface area contributed by atoms with E-state index in [0.717, 1.165) is 17.7 Å². The molecule has 2 aromatic carbocycles. The molecule has 1 fully saturated rings. The molecule has 0 spiro atoms. The second-order valence-electron chi connectivity index (χ2n) is 7.98. The Morgan fingerprint density at radius 3 is 2.40 bits per heavy atom. The van der Waals surface area contributed by atoms with Gasteiger partial charge < -0.3 is 10.2 Å². The van der Waals surface area contributed by atoms with E-state index in [4.69, 9.17) is 0 Å². The number of likely N-dealkylation sites (N-methyl/N-ethyl adjacent to an activating group) is 1. The van der Waals surface area contributed by atoms with E-state index < -0.39 is 42.5 Å². The lowest BCUT2D eigenvalue weighted by atomic mass is 10.1. The summed E-state index contributed by atoms with van der Waals surface area (Å²) in [5, 5.41) is 2.08. The van der Waals surface area contributed by atoms with Crippen molar-refractivity contribution >= 4 is 19.7 Å². The summed E-state index contributed by atoms with van der Waals surface area (Å²) in [5.41, 5.74) is 1.32. The van der Waals surface area contributed by atoms with Gasteiger partial charge in [-0.05, 0) is 50.3 Å². The second kappa shape index (κ2) is 8.74. The maximum absolute atomic E-state index is 13.5. The lowest BCUT2D eigenvalue weighted by Crippen LogP contribution is -2.46. The van der Waals surface area contributed by atoms with Crippen molar-refractivity contribution in [1.29, 1.82) is 0 Å². The predicted octanol–water partition coefficient (Wildman–Crippen LogP) is 1.97. The first-order valence-electron chi connectivity index (χ1n) is 9.66. The van der Waals surface area contributed by atoms with Crippen LogP contribution in [0.1, 0.15) is 17.2 Å². The highest BCUT2D eigenvalue weighted by Gasteiger charge is 2.46. The Morgan fingerprint density at radius 1 is 1.13 bits per heavy atom. The number of hydrogen-bond acceptors (Lipinski definition) is 6. The summed E-state index contributed by atoms with van der Waals surface area (Å²) in [5.74, 6) is -1.22.